The number of hydrogen-bond acceptors (Lipinski definition) is 9. The molecular weight excluding hydrogens is 404 g/mol. The standard InChI is InChI=1S/C8H13N5O3.2H3O4P/c9-8-11-6-5(7(15)12-8)10-3-13(6)4-16-2-1-14;2*1-5(2,3)4/h10,14H,1-4H2,(H3,9,11,12,15);2*(H3,1,2,3,4). The molecule has 0 fully saturated rings. The van der Waals surface area contributed by atoms with Crippen molar-refractivity contribution in [1.82, 2.24) is 9.97 Å². The van der Waals surface area contributed by atoms with E-state index in [1.807, 2.05) is 0 Å². The molecule has 1 aliphatic heterocycles. The zero-order valence-corrected chi connectivity index (χ0v) is 14.7. The minimum atomic E-state index is -4.64. The molecular formula is C8H19N5O11P2. The van der Waals surface area contributed by atoms with Crippen molar-refractivity contribution in [3.05, 3.63) is 10.4 Å². The van der Waals surface area contributed by atoms with E-state index in [0.29, 0.717) is 18.2 Å². The number of phosphoric acid groups is 2. The molecule has 0 aromatic carbocycles. The van der Waals surface area contributed by atoms with Gasteiger partial charge in [0.2, 0.25) is 5.95 Å². The molecule has 0 saturated carbocycles. The van der Waals surface area contributed by atoms with Gasteiger partial charge in [0.15, 0.2) is 5.82 Å². The van der Waals surface area contributed by atoms with E-state index in [9.17, 15) is 4.79 Å². The lowest BCUT2D eigenvalue weighted by atomic mass is 10.5. The molecule has 1 aliphatic rings. The van der Waals surface area contributed by atoms with E-state index in [-0.39, 0.29) is 31.5 Å². The van der Waals surface area contributed by atoms with Gasteiger partial charge in [-0.1, -0.05) is 0 Å². The fourth-order valence-corrected chi connectivity index (χ4v) is 1.46. The van der Waals surface area contributed by atoms with E-state index < -0.39 is 15.6 Å². The SMILES string of the molecule is Nc1nc2c(c(=O)[nH]1)NCN2COCCO.O=P(O)(O)O.O=P(O)(O)O. The first kappa shape index (κ1) is 24.4. The lowest BCUT2D eigenvalue weighted by Crippen LogP contribution is -2.27. The number of nitrogens with one attached hydrogen (secondary N) is 2. The number of ether oxygens (including phenoxy) is 1. The smallest absolute Gasteiger partial charge is 0.394 e. The van der Waals surface area contributed by atoms with Crippen LogP contribution in [0.3, 0.4) is 0 Å². The summed E-state index contributed by atoms with van der Waals surface area (Å²) in [6.07, 6.45) is 0. The molecule has 16 nitrogen and oxygen atoms in total. The zero-order valence-electron chi connectivity index (χ0n) is 13.0. The molecule has 11 N–H and O–H groups in total. The van der Waals surface area contributed by atoms with E-state index in [1.165, 1.54) is 0 Å². The summed E-state index contributed by atoms with van der Waals surface area (Å²) in [5.41, 5.74) is 5.54. The van der Waals surface area contributed by atoms with Crippen molar-refractivity contribution in [2.24, 2.45) is 0 Å². The third-order valence-corrected chi connectivity index (χ3v) is 2.15. The number of aromatic amines is 1. The van der Waals surface area contributed by atoms with Gasteiger partial charge in [0.05, 0.1) is 19.9 Å². The minimum absolute atomic E-state index is 0.0426. The number of nitrogen functional groups attached to an aromatic ring is 1. The monoisotopic (exact) mass is 423 g/mol. The van der Waals surface area contributed by atoms with Crippen LogP contribution in [0.25, 0.3) is 0 Å². The van der Waals surface area contributed by atoms with Crippen LogP contribution in [0, 0.1) is 0 Å². The molecule has 18 heteroatoms. The highest BCUT2D eigenvalue weighted by Gasteiger charge is 2.23. The zero-order chi connectivity index (χ0) is 20.5. The van der Waals surface area contributed by atoms with E-state index in [1.54, 1.807) is 4.90 Å². The number of anilines is 3. The third-order valence-electron chi connectivity index (χ3n) is 2.15. The molecule has 1 aromatic rings. The van der Waals surface area contributed by atoms with E-state index >= 15 is 0 Å². The first-order valence-corrected chi connectivity index (χ1v) is 9.49. The molecule has 0 atom stereocenters. The second-order valence-electron chi connectivity index (χ2n) is 4.31. The number of rotatable bonds is 4. The lowest BCUT2D eigenvalue weighted by Gasteiger charge is -2.16. The summed E-state index contributed by atoms with van der Waals surface area (Å²) in [7, 11) is -9.28. The van der Waals surface area contributed by atoms with Gasteiger partial charge in [0.1, 0.15) is 12.4 Å². The molecule has 0 unspecified atom stereocenters. The first-order valence-electron chi connectivity index (χ1n) is 6.36. The van der Waals surface area contributed by atoms with E-state index in [4.69, 9.17) is 54.1 Å². The van der Waals surface area contributed by atoms with Gasteiger partial charge in [-0.05, 0) is 0 Å². The second-order valence-corrected chi connectivity index (χ2v) is 6.37. The van der Waals surface area contributed by atoms with Gasteiger partial charge < -0.3 is 55.2 Å². The number of nitrogens with two attached hydrogens (primary N) is 1. The predicted molar refractivity (Wildman–Crippen MR) is 86.7 cm³/mol. The number of H-pyrrole nitrogens is 1. The number of aliphatic hydroxyl groups excluding tert-OH is 1. The summed E-state index contributed by atoms with van der Waals surface area (Å²) < 4.78 is 22.9. The first-order chi connectivity index (χ1) is 11.7. The Labute approximate surface area is 145 Å². The molecule has 0 amide bonds. The molecule has 0 radical (unpaired) electrons. The van der Waals surface area contributed by atoms with Crippen LogP contribution < -0.4 is 21.5 Å². The molecule has 0 bridgehead atoms. The van der Waals surface area contributed by atoms with Gasteiger partial charge in [-0.2, -0.15) is 4.98 Å². The average molecular weight is 423 g/mol. The third kappa shape index (κ3) is 12.7. The van der Waals surface area contributed by atoms with Crippen molar-refractivity contribution in [1.29, 1.82) is 0 Å². The molecule has 0 aliphatic carbocycles. The maximum Gasteiger partial charge on any atom is 0.466 e. The minimum Gasteiger partial charge on any atom is -0.394 e. The van der Waals surface area contributed by atoms with Crippen molar-refractivity contribution in [3.63, 3.8) is 0 Å². The summed E-state index contributed by atoms with van der Waals surface area (Å²) >= 11 is 0. The van der Waals surface area contributed by atoms with Crippen LogP contribution in [-0.2, 0) is 13.9 Å². The maximum absolute atomic E-state index is 11.5. The van der Waals surface area contributed by atoms with Crippen LogP contribution in [-0.4, -0.2) is 71.0 Å². The Morgan fingerprint density at radius 2 is 1.65 bits per heavy atom. The van der Waals surface area contributed by atoms with Crippen molar-refractivity contribution in [2.45, 2.75) is 0 Å². The fourth-order valence-electron chi connectivity index (χ4n) is 1.46. The Bertz CT molecular complexity index is 678. The summed E-state index contributed by atoms with van der Waals surface area (Å²) in [6, 6.07) is 0. The molecule has 26 heavy (non-hydrogen) atoms. The van der Waals surface area contributed by atoms with Crippen LogP contribution in [0.2, 0.25) is 0 Å². The number of fused-ring (bicyclic) bond motifs is 1. The van der Waals surface area contributed by atoms with Crippen LogP contribution >= 0.6 is 15.6 Å². The highest BCUT2D eigenvalue weighted by Crippen LogP contribution is 2.26. The van der Waals surface area contributed by atoms with Crippen molar-refractivity contribution in [2.75, 3.05) is 42.6 Å². The summed E-state index contributed by atoms with van der Waals surface area (Å²) in [4.78, 5) is 62.7. The van der Waals surface area contributed by atoms with Crippen LogP contribution in [0.15, 0.2) is 4.79 Å². The Balaban J connectivity index is 0.000000520. The van der Waals surface area contributed by atoms with Crippen molar-refractivity contribution in [3.8, 4) is 0 Å². The highest BCUT2D eigenvalue weighted by atomic mass is 31.2. The lowest BCUT2D eigenvalue weighted by molar-refractivity contribution is 0.0934. The van der Waals surface area contributed by atoms with Gasteiger partial charge in [-0.15, -0.1) is 0 Å². The van der Waals surface area contributed by atoms with E-state index in [2.05, 4.69) is 15.3 Å². The van der Waals surface area contributed by atoms with E-state index in [0.717, 1.165) is 0 Å². The quantitative estimate of drug-likeness (QED) is 0.167. The summed E-state index contributed by atoms with van der Waals surface area (Å²) in [5, 5.41) is 11.5. The van der Waals surface area contributed by atoms with Gasteiger partial charge >= 0.3 is 15.6 Å². The Hall–Kier alpha value is -1.58. The fraction of sp³-hybridized carbons (Fsp3) is 0.500. The number of aliphatic hydroxyl groups is 1. The highest BCUT2D eigenvalue weighted by molar-refractivity contribution is 7.45. The Morgan fingerprint density at radius 1 is 1.15 bits per heavy atom. The average Bonchev–Trinajstić information content (AvgIpc) is 2.78. The Morgan fingerprint density at radius 3 is 2.12 bits per heavy atom. The number of hydrogen-bond donors (Lipinski definition) is 10. The van der Waals surface area contributed by atoms with Gasteiger partial charge in [0.25, 0.3) is 5.56 Å². The number of nitrogens with zero attached hydrogens (tertiary/aromatic N) is 2. The largest absolute Gasteiger partial charge is 0.466 e. The molecule has 2 rings (SSSR count). The number of aromatic nitrogens is 2. The predicted octanol–water partition coefficient (Wildman–Crippen LogP) is -3.35. The van der Waals surface area contributed by atoms with Crippen LogP contribution in [0.5, 0.6) is 0 Å². The van der Waals surface area contributed by atoms with Crippen LogP contribution in [0.1, 0.15) is 0 Å². The molecule has 2 heterocycles. The summed E-state index contributed by atoms with van der Waals surface area (Å²) in [6.45, 7) is 0.875. The van der Waals surface area contributed by atoms with Crippen LogP contribution in [0.4, 0.5) is 17.5 Å². The van der Waals surface area contributed by atoms with Gasteiger partial charge in [0, 0.05) is 0 Å². The second kappa shape index (κ2) is 10.5. The summed E-state index contributed by atoms with van der Waals surface area (Å²) in [5.74, 6) is 0.541. The molecule has 0 saturated heterocycles. The topological polar surface area (TPSA) is 272 Å². The molecule has 0 spiro atoms. The van der Waals surface area contributed by atoms with Crippen molar-refractivity contribution < 1.29 is 48.3 Å². The Kier molecular flexibility index (Phi) is 9.90. The molecule has 152 valence electrons. The molecule has 1 aromatic heterocycles. The maximum atomic E-state index is 11.5. The van der Waals surface area contributed by atoms with Gasteiger partial charge in [-0.25, -0.2) is 9.13 Å². The van der Waals surface area contributed by atoms with Gasteiger partial charge in [-0.3, -0.25) is 9.78 Å². The van der Waals surface area contributed by atoms with Crippen molar-refractivity contribution >= 4 is 33.1 Å². The normalized spacial score (nSPS) is 13.0.